The molecule has 1 aromatic heterocycles. The predicted molar refractivity (Wildman–Crippen MR) is 102 cm³/mol. The number of ether oxygens (including phenoxy) is 1. The molecule has 0 aliphatic heterocycles. The zero-order valence-corrected chi connectivity index (χ0v) is 15.5. The van der Waals surface area contributed by atoms with E-state index >= 15 is 0 Å². The molecule has 0 spiro atoms. The first-order valence-corrected chi connectivity index (χ1v) is 8.62. The number of oxazole rings is 1. The predicted octanol–water partition coefficient (Wildman–Crippen LogP) is 4.49. The fourth-order valence-electron chi connectivity index (χ4n) is 2.34. The SMILES string of the molecule is Cc1oc(-c2ccccc2)nc1C(=O)O[C@@H](C)C(=O)Nc1ccc(Cl)cc1. The van der Waals surface area contributed by atoms with Gasteiger partial charge >= 0.3 is 5.97 Å². The molecule has 2 aromatic carbocycles. The average Bonchev–Trinajstić information content (AvgIpc) is 3.06. The van der Waals surface area contributed by atoms with Gasteiger partial charge in [0.15, 0.2) is 11.8 Å². The van der Waals surface area contributed by atoms with Gasteiger partial charge in [0, 0.05) is 16.3 Å². The smallest absolute Gasteiger partial charge is 0.361 e. The molecule has 27 heavy (non-hydrogen) atoms. The number of hydrogen-bond donors (Lipinski definition) is 1. The summed E-state index contributed by atoms with van der Waals surface area (Å²) in [6, 6.07) is 15.8. The van der Waals surface area contributed by atoms with E-state index < -0.39 is 18.0 Å². The molecule has 1 N–H and O–H groups in total. The number of halogens is 1. The Balaban J connectivity index is 1.67. The first-order chi connectivity index (χ1) is 12.9. The minimum Gasteiger partial charge on any atom is -0.448 e. The Hall–Kier alpha value is -3.12. The second-order valence-corrected chi connectivity index (χ2v) is 6.27. The first-order valence-electron chi connectivity index (χ1n) is 8.24. The van der Waals surface area contributed by atoms with Crippen molar-refractivity contribution in [1.29, 1.82) is 0 Å². The van der Waals surface area contributed by atoms with Gasteiger partial charge in [-0.25, -0.2) is 9.78 Å². The van der Waals surface area contributed by atoms with Crippen LogP contribution in [0.2, 0.25) is 5.02 Å². The van der Waals surface area contributed by atoms with Crippen molar-refractivity contribution in [2.45, 2.75) is 20.0 Å². The number of nitrogens with zero attached hydrogens (tertiary/aromatic N) is 1. The molecule has 0 radical (unpaired) electrons. The van der Waals surface area contributed by atoms with Crippen LogP contribution in [0.1, 0.15) is 23.2 Å². The molecule has 1 heterocycles. The molecule has 7 heteroatoms. The minimum absolute atomic E-state index is 0.0417. The number of anilines is 1. The number of aromatic nitrogens is 1. The number of hydrogen-bond acceptors (Lipinski definition) is 5. The van der Waals surface area contributed by atoms with E-state index in [4.69, 9.17) is 20.8 Å². The third kappa shape index (κ3) is 4.54. The summed E-state index contributed by atoms with van der Waals surface area (Å²) in [7, 11) is 0. The summed E-state index contributed by atoms with van der Waals surface area (Å²) in [5.74, 6) is -0.547. The van der Waals surface area contributed by atoms with Gasteiger partial charge in [0.2, 0.25) is 5.89 Å². The lowest BCUT2D eigenvalue weighted by atomic mass is 10.2. The van der Waals surface area contributed by atoms with Crippen molar-refractivity contribution in [1.82, 2.24) is 4.98 Å². The molecule has 138 valence electrons. The number of aryl methyl sites for hydroxylation is 1. The second-order valence-electron chi connectivity index (χ2n) is 5.83. The van der Waals surface area contributed by atoms with Crippen molar-refractivity contribution in [2.24, 2.45) is 0 Å². The summed E-state index contributed by atoms with van der Waals surface area (Å²) < 4.78 is 10.8. The fourth-order valence-corrected chi connectivity index (χ4v) is 2.46. The van der Waals surface area contributed by atoms with Crippen LogP contribution < -0.4 is 5.32 Å². The van der Waals surface area contributed by atoms with Gasteiger partial charge in [0.25, 0.3) is 5.91 Å². The van der Waals surface area contributed by atoms with E-state index in [-0.39, 0.29) is 5.69 Å². The normalized spacial score (nSPS) is 11.7. The summed E-state index contributed by atoms with van der Waals surface area (Å²) in [5.41, 5.74) is 1.34. The van der Waals surface area contributed by atoms with Crippen molar-refractivity contribution >= 4 is 29.2 Å². The van der Waals surface area contributed by atoms with Crippen LogP contribution in [0.25, 0.3) is 11.5 Å². The van der Waals surface area contributed by atoms with Crippen molar-refractivity contribution in [2.75, 3.05) is 5.32 Å². The van der Waals surface area contributed by atoms with Gasteiger partial charge in [0.1, 0.15) is 5.76 Å². The van der Waals surface area contributed by atoms with E-state index in [9.17, 15) is 9.59 Å². The Kier molecular flexibility index (Phi) is 5.57. The molecule has 0 saturated heterocycles. The van der Waals surface area contributed by atoms with Crippen LogP contribution in [0, 0.1) is 6.92 Å². The summed E-state index contributed by atoms with van der Waals surface area (Å²) in [5, 5.41) is 3.21. The molecule has 0 saturated carbocycles. The largest absolute Gasteiger partial charge is 0.448 e. The number of benzene rings is 2. The zero-order valence-electron chi connectivity index (χ0n) is 14.7. The molecular formula is C20H17ClN2O4. The van der Waals surface area contributed by atoms with Gasteiger partial charge in [0.05, 0.1) is 0 Å². The summed E-state index contributed by atoms with van der Waals surface area (Å²) in [6.45, 7) is 3.10. The third-order valence-electron chi connectivity index (χ3n) is 3.78. The zero-order chi connectivity index (χ0) is 19.4. The molecule has 0 bridgehead atoms. The summed E-state index contributed by atoms with van der Waals surface area (Å²) in [4.78, 5) is 28.8. The Labute approximate surface area is 161 Å². The van der Waals surface area contributed by atoms with Crippen LogP contribution in [0.15, 0.2) is 59.0 Å². The van der Waals surface area contributed by atoms with Crippen molar-refractivity contribution in [3.63, 3.8) is 0 Å². The monoisotopic (exact) mass is 384 g/mol. The lowest BCUT2D eigenvalue weighted by Crippen LogP contribution is -2.30. The molecule has 0 aliphatic rings. The van der Waals surface area contributed by atoms with Crippen molar-refractivity contribution < 1.29 is 18.7 Å². The van der Waals surface area contributed by atoms with Crippen LogP contribution in [0.4, 0.5) is 5.69 Å². The summed E-state index contributed by atoms with van der Waals surface area (Å²) in [6.07, 6.45) is -1.01. The van der Waals surface area contributed by atoms with Gasteiger partial charge in [-0.3, -0.25) is 4.79 Å². The number of nitrogens with one attached hydrogen (secondary N) is 1. The molecular weight excluding hydrogens is 368 g/mol. The van der Waals surface area contributed by atoms with E-state index in [1.807, 2.05) is 30.3 Å². The van der Waals surface area contributed by atoms with E-state index in [1.54, 1.807) is 31.2 Å². The van der Waals surface area contributed by atoms with Crippen LogP contribution in [-0.2, 0) is 9.53 Å². The topological polar surface area (TPSA) is 81.4 Å². The van der Waals surface area contributed by atoms with Crippen LogP contribution in [-0.4, -0.2) is 23.0 Å². The number of esters is 1. The second kappa shape index (κ2) is 8.05. The first kappa shape index (κ1) is 18.7. The highest BCUT2D eigenvalue weighted by atomic mass is 35.5. The molecule has 3 rings (SSSR count). The minimum atomic E-state index is -1.01. The highest BCUT2D eigenvalue weighted by Crippen LogP contribution is 2.22. The van der Waals surface area contributed by atoms with Crippen molar-refractivity contribution in [3.8, 4) is 11.5 Å². The Morgan fingerprint density at radius 2 is 1.78 bits per heavy atom. The van der Waals surface area contributed by atoms with E-state index in [0.717, 1.165) is 5.56 Å². The van der Waals surface area contributed by atoms with Gasteiger partial charge in [-0.2, -0.15) is 0 Å². The Morgan fingerprint density at radius 3 is 2.44 bits per heavy atom. The maximum Gasteiger partial charge on any atom is 0.361 e. The van der Waals surface area contributed by atoms with Gasteiger partial charge in [-0.05, 0) is 50.2 Å². The molecule has 0 fully saturated rings. The van der Waals surface area contributed by atoms with Gasteiger partial charge in [-0.1, -0.05) is 29.8 Å². The number of carbonyl (C=O) groups excluding carboxylic acids is 2. The molecule has 1 amide bonds. The third-order valence-corrected chi connectivity index (χ3v) is 4.03. The summed E-state index contributed by atoms with van der Waals surface area (Å²) >= 11 is 5.81. The van der Waals surface area contributed by atoms with Crippen LogP contribution in [0.5, 0.6) is 0 Å². The van der Waals surface area contributed by atoms with Gasteiger partial charge in [-0.15, -0.1) is 0 Å². The van der Waals surface area contributed by atoms with Crippen LogP contribution >= 0.6 is 11.6 Å². The van der Waals surface area contributed by atoms with Crippen LogP contribution in [0.3, 0.4) is 0 Å². The standard InChI is InChI=1S/C20H17ClN2O4/c1-12-17(23-19(26-12)14-6-4-3-5-7-14)20(25)27-13(2)18(24)22-16-10-8-15(21)9-11-16/h3-11,13H,1-2H3,(H,22,24)/t13-/m0/s1. The molecule has 0 aliphatic carbocycles. The molecule has 0 unspecified atom stereocenters. The fraction of sp³-hybridized carbons (Fsp3) is 0.150. The molecule has 6 nitrogen and oxygen atoms in total. The lowest BCUT2D eigenvalue weighted by molar-refractivity contribution is -0.123. The quantitative estimate of drug-likeness (QED) is 0.655. The van der Waals surface area contributed by atoms with E-state index in [1.165, 1.54) is 6.92 Å². The molecule has 1 atom stereocenters. The highest BCUT2D eigenvalue weighted by Gasteiger charge is 2.24. The lowest BCUT2D eigenvalue weighted by Gasteiger charge is -2.12. The van der Waals surface area contributed by atoms with E-state index in [0.29, 0.717) is 22.4 Å². The maximum absolute atomic E-state index is 12.4. The maximum atomic E-state index is 12.4. The molecule has 3 aromatic rings. The highest BCUT2D eigenvalue weighted by molar-refractivity contribution is 6.30. The number of amides is 1. The van der Waals surface area contributed by atoms with Crippen molar-refractivity contribution in [3.05, 3.63) is 71.1 Å². The number of rotatable bonds is 5. The van der Waals surface area contributed by atoms with E-state index in [2.05, 4.69) is 10.3 Å². The Morgan fingerprint density at radius 1 is 1.11 bits per heavy atom. The average molecular weight is 385 g/mol. The van der Waals surface area contributed by atoms with Gasteiger partial charge < -0.3 is 14.5 Å². The number of carbonyl (C=O) groups is 2. The Bertz CT molecular complexity index is 952.